The molecule has 2 rings (SSSR count). The fourth-order valence-electron chi connectivity index (χ4n) is 3.04. The summed E-state index contributed by atoms with van der Waals surface area (Å²) in [6, 6.07) is 11.4. The fraction of sp³-hybridized carbons (Fsp3) is 0.625. The van der Waals surface area contributed by atoms with Crippen LogP contribution in [-0.4, -0.2) is 7.05 Å². The van der Waals surface area contributed by atoms with Gasteiger partial charge in [-0.25, -0.2) is 0 Å². The molecule has 1 fully saturated rings. The summed E-state index contributed by atoms with van der Waals surface area (Å²) in [5.74, 6) is 0.989. The smallest absolute Gasteiger partial charge is 0.0317 e. The van der Waals surface area contributed by atoms with Crippen molar-refractivity contribution in [1.29, 1.82) is 0 Å². The summed E-state index contributed by atoms with van der Waals surface area (Å²) in [5, 5.41) is 3.46. The second-order valence-electron chi connectivity index (χ2n) is 5.33. The van der Waals surface area contributed by atoms with E-state index >= 15 is 0 Å². The molecule has 1 nitrogen and oxygen atoms in total. The Labute approximate surface area is 106 Å². The van der Waals surface area contributed by atoms with E-state index in [-0.39, 0.29) is 0 Å². The predicted octanol–water partition coefficient (Wildman–Crippen LogP) is 4.31. The molecule has 1 aromatic rings. The molecule has 1 N–H and O–H groups in total. The molecular weight excluding hydrogens is 206 g/mol. The van der Waals surface area contributed by atoms with Gasteiger partial charge in [-0.1, -0.05) is 62.4 Å². The Morgan fingerprint density at radius 2 is 1.82 bits per heavy atom. The standard InChI is InChI=1S/C16H25N/c1-17-16(15-10-6-3-7-11-15)13-12-14-8-4-2-5-9-14/h3,6-7,10-11,14,16-17H,2,4-5,8-9,12-13H2,1H3. The average Bonchev–Trinajstić information content (AvgIpc) is 2.42. The van der Waals surface area contributed by atoms with Crippen molar-refractivity contribution in [2.45, 2.75) is 51.0 Å². The van der Waals surface area contributed by atoms with Crippen molar-refractivity contribution in [2.75, 3.05) is 7.05 Å². The molecule has 0 amide bonds. The summed E-state index contributed by atoms with van der Waals surface area (Å²) >= 11 is 0. The largest absolute Gasteiger partial charge is 0.313 e. The second-order valence-corrected chi connectivity index (χ2v) is 5.33. The molecule has 17 heavy (non-hydrogen) atoms. The molecule has 94 valence electrons. The minimum Gasteiger partial charge on any atom is -0.313 e. The van der Waals surface area contributed by atoms with Gasteiger partial charge in [-0.15, -0.1) is 0 Å². The van der Waals surface area contributed by atoms with Crippen LogP contribution in [0.3, 0.4) is 0 Å². The first-order chi connectivity index (χ1) is 8.40. The highest BCUT2D eigenvalue weighted by atomic mass is 14.9. The van der Waals surface area contributed by atoms with Crippen LogP contribution in [0.1, 0.15) is 56.6 Å². The number of hydrogen-bond donors (Lipinski definition) is 1. The molecule has 0 aromatic heterocycles. The minimum atomic E-state index is 0.540. The van der Waals surface area contributed by atoms with E-state index < -0.39 is 0 Å². The van der Waals surface area contributed by atoms with E-state index in [1.165, 1.54) is 50.5 Å². The molecule has 1 aromatic carbocycles. The molecule has 1 aliphatic carbocycles. The monoisotopic (exact) mass is 231 g/mol. The maximum atomic E-state index is 3.46. The van der Waals surface area contributed by atoms with Gasteiger partial charge < -0.3 is 5.32 Å². The first-order valence-corrected chi connectivity index (χ1v) is 7.12. The summed E-state index contributed by atoms with van der Waals surface area (Å²) in [7, 11) is 2.08. The number of hydrogen-bond acceptors (Lipinski definition) is 1. The van der Waals surface area contributed by atoms with Crippen molar-refractivity contribution in [2.24, 2.45) is 5.92 Å². The number of rotatable bonds is 5. The maximum absolute atomic E-state index is 3.46. The van der Waals surface area contributed by atoms with Crippen molar-refractivity contribution in [3.63, 3.8) is 0 Å². The molecule has 1 aliphatic rings. The van der Waals surface area contributed by atoms with E-state index in [1.54, 1.807) is 0 Å². The van der Waals surface area contributed by atoms with Gasteiger partial charge in [0.15, 0.2) is 0 Å². The zero-order valence-corrected chi connectivity index (χ0v) is 11.0. The van der Waals surface area contributed by atoms with Crippen molar-refractivity contribution in [3.05, 3.63) is 35.9 Å². The first-order valence-electron chi connectivity index (χ1n) is 7.12. The fourth-order valence-corrected chi connectivity index (χ4v) is 3.04. The highest BCUT2D eigenvalue weighted by molar-refractivity contribution is 5.18. The van der Waals surface area contributed by atoms with Gasteiger partial charge in [0.1, 0.15) is 0 Å². The third kappa shape index (κ3) is 3.85. The SMILES string of the molecule is CNC(CCC1CCCCC1)c1ccccc1. The molecule has 1 heteroatoms. The van der Waals surface area contributed by atoms with Gasteiger partial charge >= 0.3 is 0 Å². The van der Waals surface area contributed by atoms with Gasteiger partial charge in [-0.3, -0.25) is 0 Å². The predicted molar refractivity (Wildman–Crippen MR) is 74.1 cm³/mol. The molecule has 0 radical (unpaired) electrons. The molecule has 0 aliphatic heterocycles. The van der Waals surface area contributed by atoms with Crippen LogP contribution in [0.15, 0.2) is 30.3 Å². The lowest BCUT2D eigenvalue weighted by molar-refractivity contribution is 0.317. The summed E-state index contributed by atoms with van der Waals surface area (Å²) in [5.41, 5.74) is 1.44. The Morgan fingerprint density at radius 1 is 1.12 bits per heavy atom. The maximum Gasteiger partial charge on any atom is 0.0317 e. The Hall–Kier alpha value is -0.820. The lowest BCUT2D eigenvalue weighted by Gasteiger charge is -2.24. The lowest BCUT2D eigenvalue weighted by atomic mass is 9.84. The van der Waals surface area contributed by atoms with E-state index in [0.29, 0.717) is 6.04 Å². The van der Waals surface area contributed by atoms with Gasteiger partial charge in [0, 0.05) is 6.04 Å². The molecule has 1 saturated carbocycles. The van der Waals surface area contributed by atoms with Crippen LogP contribution in [0.25, 0.3) is 0 Å². The van der Waals surface area contributed by atoms with E-state index in [9.17, 15) is 0 Å². The topological polar surface area (TPSA) is 12.0 Å². The highest BCUT2D eigenvalue weighted by Crippen LogP contribution is 2.30. The third-order valence-electron chi connectivity index (χ3n) is 4.14. The summed E-state index contributed by atoms with van der Waals surface area (Å²) < 4.78 is 0. The van der Waals surface area contributed by atoms with Crippen LogP contribution in [0.4, 0.5) is 0 Å². The summed E-state index contributed by atoms with van der Waals surface area (Å²) in [6.45, 7) is 0. The van der Waals surface area contributed by atoms with Gasteiger partial charge in [0.25, 0.3) is 0 Å². The number of nitrogens with one attached hydrogen (secondary N) is 1. The molecule has 0 bridgehead atoms. The Morgan fingerprint density at radius 3 is 2.47 bits per heavy atom. The van der Waals surface area contributed by atoms with E-state index in [2.05, 4.69) is 42.7 Å². The van der Waals surface area contributed by atoms with E-state index in [0.717, 1.165) is 5.92 Å². The normalized spacial score (nSPS) is 19.1. The van der Waals surface area contributed by atoms with Crippen molar-refractivity contribution in [1.82, 2.24) is 5.32 Å². The molecule has 0 saturated heterocycles. The van der Waals surface area contributed by atoms with E-state index in [1.807, 2.05) is 0 Å². The summed E-state index contributed by atoms with van der Waals surface area (Å²) in [6.07, 6.45) is 9.98. The Kier molecular flexibility index (Phi) is 5.06. The van der Waals surface area contributed by atoms with Crippen molar-refractivity contribution in [3.8, 4) is 0 Å². The van der Waals surface area contributed by atoms with Crippen LogP contribution in [0.2, 0.25) is 0 Å². The van der Waals surface area contributed by atoms with Crippen molar-refractivity contribution < 1.29 is 0 Å². The number of benzene rings is 1. The molecule has 0 heterocycles. The van der Waals surface area contributed by atoms with Gasteiger partial charge in [-0.2, -0.15) is 0 Å². The quantitative estimate of drug-likeness (QED) is 0.796. The molecule has 0 spiro atoms. The first kappa shape index (κ1) is 12.6. The zero-order valence-electron chi connectivity index (χ0n) is 11.0. The van der Waals surface area contributed by atoms with Gasteiger partial charge in [0.05, 0.1) is 0 Å². The van der Waals surface area contributed by atoms with Crippen LogP contribution >= 0.6 is 0 Å². The molecular formula is C16H25N. The highest BCUT2D eigenvalue weighted by Gasteiger charge is 2.16. The Balaban J connectivity index is 1.83. The Bertz CT molecular complexity index is 301. The van der Waals surface area contributed by atoms with Crippen molar-refractivity contribution >= 4 is 0 Å². The minimum absolute atomic E-state index is 0.540. The van der Waals surface area contributed by atoms with Crippen LogP contribution < -0.4 is 5.32 Å². The second kappa shape index (κ2) is 6.80. The van der Waals surface area contributed by atoms with Gasteiger partial charge in [0.2, 0.25) is 0 Å². The zero-order chi connectivity index (χ0) is 11.9. The average molecular weight is 231 g/mol. The van der Waals surface area contributed by atoms with E-state index in [4.69, 9.17) is 0 Å². The van der Waals surface area contributed by atoms with Crippen LogP contribution in [-0.2, 0) is 0 Å². The molecule has 1 unspecified atom stereocenters. The van der Waals surface area contributed by atoms with Gasteiger partial charge in [-0.05, 0) is 31.4 Å². The van der Waals surface area contributed by atoms with Crippen LogP contribution in [0, 0.1) is 5.92 Å². The molecule has 1 atom stereocenters. The third-order valence-corrected chi connectivity index (χ3v) is 4.14. The lowest BCUT2D eigenvalue weighted by Crippen LogP contribution is -2.18. The van der Waals surface area contributed by atoms with Crippen LogP contribution in [0.5, 0.6) is 0 Å². The summed E-state index contributed by atoms with van der Waals surface area (Å²) in [4.78, 5) is 0.